The highest BCUT2D eigenvalue weighted by molar-refractivity contribution is 7.12. The Morgan fingerprint density at radius 1 is 1.17 bits per heavy atom. The molecule has 5 nitrogen and oxygen atoms in total. The molecule has 1 aromatic heterocycles. The molecule has 128 valence electrons. The predicted molar refractivity (Wildman–Crippen MR) is 96.7 cm³/mol. The van der Waals surface area contributed by atoms with Crippen LogP contribution in [0.25, 0.3) is 0 Å². The summed E-state index contributed by atoms with van der Waals surface area (Å²) in [4.78, 5) is 25.3. The van der Waals surface area contributed by atoms with Gasteiger partial charge in [0.2, 0.25) is 5.91 Å². The molecule has 2 N–H and O–H groups in total. The molecule has 1 atom stereocenters. The third-order valence-corrected chi connectivity index (χ3v) is 4.28. The summed E-state index contributed by atoms with van der Waals surface area (Å²) in [5, 5.41) is 7.48. The molecule has 0 saturated carbocycles. The van der Waals surface area contributed by atoms with Crippen molar-refractivity contribution in [1.29, 1.82) is 0 Å². The molecule has 2 amide bonds. The monoisotopic (exact) mass is 346 g/mol. The van der Waals surface area contributed by atoms with Gasteiger partial charge in [0.25, 0.3) is 5.91 Å². The molecule has 1 unspecified atom stereocenters. The lowest BCUT2D eigenvalue weighted by atomic mass is 10.0. The highest BCUT2D eigenvalue weighted by atomic mass is 32.1. The maximum atomic E-state index is 12.5. The Labute approximate surface area is 146 Å². The molecule has 1 aromatic carbocycles. The molecule has 0 radical (unpaired) electrons. The fourth-order valence-electron chi connectivity index (χ4n) is 2.18. The van der Waals surface area contributed by atoms with Gasteiger partial charge in [0.05, 0.1) is 11.5 Å². The number of thiophene rings is 1. The molecule has 0 bridgehead atoms. The number of carbonyl (C=O) groups excluding carboxylic acids is 2. The third-order valence-electron chi connectivity index (χ3n) is 3.41. The van der Waals surface area contributed by atoms with Crippen LogP contribution in [0.1, 0.15) is 30.4 Å². The Balaban J connectivity index is 2.02. The van der Waals surface area contributed by atoms with Crippen LogP contribution in [-0.2, 0) is 4.79 Å². The Hall–Kier alpha value is -2.34. The average Bonchev–Trinajstić information content (AvgIpc) is 3.08. The van der Waals surface area contributed by atoms with Crippen molar-refractivity contribution in [3.63, 3.8) is 0 Å². The Kier molecular flexibility index (Phi) is 6.37. The zero-order valence-corrected chi connectivity index (χ0v) is 14.9. The van der Waals surface area contributed by atoms with Crippen molar-refractivity contribution >= 4 is 28.8 Å². The second kappa shape index (κ2) is 8.49. The van der Waals surface area contributed by atoms with Crippen molar-refractivity contribution in [3.8, 4) is 5.75 Å². The zero-order valence-electron chi connectivity index (χ0n) is 14.0. The van der Waals surface area contributed by atoms with Crippen LogP contribution < -0.4 is 15.4 Å². The number of hydrogen-bond acceptors (Lipinski definition) is 4. The largest absolute Gasteiger partial charge is 0.494 e. The standard InChI is InChI=1S/C18H22N2O3S/c1-4-23-14-9-7-13(8-10-14)19-18(22)16(12(2)3)20-17(21)15-6-5-11-24-15/h5-12,16H,4H2,1-3H3,(H,19,22)(H,20,21). The number of amides is 2. The molecule has 0 saturated heterocycles. The van der Waals surface area contributed by atoms with Gasteiger partial charge in [-0.1, -0.05) is 19.9 Å². The highest BCUT2D eigenvalue weighted by Gasteiger charge is 2.25. The van der Waals surface area contributed by atoms with E-state index in [-0.39, 0.29) is 17.7 Å². The van der Waals surface area contributed by atoms with Gasteiger partial charge in [-0.3, -0.25) is 9.59 Å². The number of benzene rings is 1. The van der Waals surface area contributed by atoms with E-state index >= 15 is 0 Å². The SMILES string of the molecule is CCOc1ccc(NC(=O)C(NC(=O)c2cccs2)C(C)C)cc1. The second-order valence-electron chi connectivity index (χ2n) is 5.62. The molecular formula is C18H22N2O3S. The van der Waals surface area contributed by atoms with Crippen molar-refractivity contribution in [2.45, 2.75) is 26.8 Å². The average molecular weight is 346 g/mol. The van der Waals surface area contributed by atoms with E-state index in [1.807, 2.05) is 32.2 Å². The van der Waals surface area contributed by atoms with E-state index in [1.165, 1.54) is 11.3 Å². The summed E-state index contributed by atoms with van der Waals surface area (Å²) >= 11 is 1.35. The molecule has 0 fully saturated rings. The summed E-state index contributed by atoms with van der Waals surface area (Å²) in [7, 11) is 0. The first-order chi connectivity index (χ1) is 11.5. The number of anilines is 1. The molecule has 1 heterocycles. The molecule has 0 aliphatic carbocycles. The maximum absolute atomic E-state index is 12.5. The molecule has 2 aromatic rings. The van der Waals surface area contributed by atoms with Crippen LogP contribution in [0.4, 0.5) is 5.69 Å². The van der Waals surface area contributed by atoms with Gasteiger partial charge < -0.3 is 15.4 Å². The van der Waals surface area contributed by atoms with E-state index in [1.54, 1.807) is 30.3 Å². The first-order valence-corrected chi connectivity index (χ1v) is 8.77. The summed E-state index contributed by atoms with van der Waals surface area (Å²) in [5.74, 6) is 0.253. The Morgan fingerprint density at radius 2 is 1.88 bits per heavy atom. The quantitative estimate of drug-likeness (QED) is 0.806. The number of nitrogens with one attached hydrogen (secondary N) is 2. The van der Waals surface area contributed by atoms with Gasteiger partial charge in [0.15, 0.2) is 0 Å². The zero-order chi connectivity index (χ0) is 17.5. The Bertz CT molecular complexity index is 666. The van der Waals surface area contributed by atoms with E-state index < -0.39 is 6.04 Å². The molecule has 0 aliphatic rings. The smallest absolute Gasteiger partial charge is 0.262 e. The molecule has 2 rings (SSSR count). The second-order valence-corrected chi connectivity index (χ2v) is 6.57. The summed E-state index contributed by atoms with van der Waals surface area (Å²) < 4.78 is 5.38. The fraction of sp³-hybridized carbons (Fsp3) is 0.333. The predicted octanol–water partition coefficient (Wildman–Crippen LogP) is 3.54. The lowest BCUT2D eigenvalue weighted by Crippen LogP contribution is -2.46. The molecule has 0 spiro atoms. The molecule has 6 heteroatoms. The van der Waals surface area contributed by atoms with Gasteiger partial charge in [-0.05, 0) is 48.6 Å². The van der Waals surface area contributed by atoms with Gasteiger partial charge in [0, 0.05) is 5.69 Å². The van der Waals surface area contributed by atoms with Gasteiger partial charge in [0.1, 0.15) is 11.8 Å². The molecular weight excluding hydrogens is 324 g/mol. The van der Waals surface area contributed by atoms with E-state index in [0.29, 0.717) is 17.2 Å². The van der Waals surface area contributed by atoms with Crippen molar-refractivity contribution in [2.24, 2.45) is 5.92 Å². The number of rotatable bonds is 7. The Morgan fingerprint density at radius 3 is 2.42 bits per heavy atom. The molecule has 24 heavy (non-hydrogen) atoms. The van der Waals surface area contributed by atoms with Crippen LogP contribution in [0.5, 0.6) is 5.75 Å². The summed E-state index contributed by atoms with van der Waals surface area (Å²) in [6.07, 6.45) is 0. The van der Waals surface area contributed by atoms with Crippen LogP contribution in [0.2, 0.25) is 0 Å². The minimum absolute atomic E-state index is 0.0309. The van der Waals surface area contributed by atoms with Crippen molar-refractivity contribution in [2.75, 3.05) is 11.9 Å². The van der Waals surface area contributed by atoms with Crippen molar-refractivity contribution in [3.05, 3.63) is 46.7 Å². The van der Waals surface area contributed by atoms with Crippen LogP contribution in [-0.4, -0.2) is 24.5 Å². The number of hydrogen-bond donors (Lipinski definition) is 2. The van der Waals surface area contributed by atoms with Crippen LogP contribution in [0, 0.1) is 5.92 Å². The van der Waals surface area contributed by atoms with Crippen LogP contribution >= 0.6 is 11.3 Å². The minimum atomic E-state index is -0.605. The summed E-state index contributed by atoms with van der Waals surface area (Å²) in [6, 6.07) is 10.1. The lowest BCUT2D eigenvalue weighted by molar-refractivity contribution is -0.118. The van der Waals surface area contributed by atoms with E-state index in [0.717, 1.165) is 5.75 Å². The number of ether oxygens (including phenoxy) is 1. The normalized spacial score (nSPS) is 11.8. The van der Waals surface area contributed by atoms with E-state index in [2.05, 4.69) is 10.6 Å². The third kappa shape index (κ3) is 4.83. The van der Waals surface area contributed by atoms with Gasteiger partial charge in [-0.15, -0.1) is 11.3 Å². The van der Waals surface area contributed by atoms with E-state index in [9.17, 15) is 9.59 Å². The van der Waals surface area contributed by atoms with Crippen LogP contribution in [0.3, 0.4) is 0 Å². The first-order valence-electron chi connectivity index (χ1n) is 7.89. The lowest BCUT2D eigenvalue weighted by Gasteiger charge is -2.21. The summed E-state index contributed by atoms with van der Waals surface area (Å²) in [6.45, 7) is 6.31. The van der Waals surface area contributed by atoms with Gasteiger partial charge >= 0.3 is 0 Å². The van der Waals surface area contributed by atoms with Crippen molar-refractivity contribution in [1.82, 2.24) is 5.32 Å². The minimum Gasteiger partial charge on any atom is -0.494 e. The fourth-order valence-corrected chi connectivity index (χ4v) is 2.80. The van der Waals surface area contributed by atoms with Gasteiger partial charge in [-0.2, -0.15) is 0 Å². The van der Waals surface area contributed by atoms with E-state index in [4.69, 9.17) is 4.74 Å². The summed E-state index contributed by atoms with van der Waals surface area (Å²) in [5.41, 5.74) is 0.666. The van der Waals surface area contributed by atoms with Gasteiger partial charge in [-0.25, -0.2) is 0 Å². The highest BCUT2D eigenvalue weighted by Crippen LogP contribution is 2.17. The van der Waals surface area contributed by atoms with Crippen molar-refractivity contribution < 1.29 is 14.3 Å². The first kappa shape index (κ1) is 18.0. The number of carbonyl (C=O) groups is 2. The van der Waals surface area contributed by atoms with Crippen LogP contribution in [0.15, 0.2) is 41.8 Å². The molecule has 0 aliphatic heterocycles. The topological polar surface area (TPSA) is 67.4 Å². The maximum Gasteiger partial charge on any atom is 0.262 e.